The van der Waals surface area contributed by atoms with Crippen LogP contribution in [0.2, 0.25) is 0 Å². The summed E-state index contributed by atoms with van der Waals surface area (Å²) in [6.45, 7) is 0.501. The predicted octanol–water partition coefficient (Wildman–Crippen LogP) is 17.6. The molecule has 0 amide bonds. The maximum atomic E-state index is 13.1. The molecule has 4 aromatic heterocycles. The number of nitriles is 2. The number of benzene rings is 4. The third-order valence-corrected chi connectivity index (χ3v) is 21.4. The number of aromatic nitrogens is 4. The van der Waals surface area contributed by atoms with Gasteiger partial charge in [0.15, 0.2) is 9.05 Å². The van der Waals surface area contributed by atoms with E-state index < -0.39 is 12.7 Å². The SMILES string of the molecule is N#Cc1cc(C2CC2)c2nc(Br)sc2c1.N#Cc1cc(C2CC2)c2nc(NC3C4CCC3CC(OCc3c(-c5ccccc5OC(F)(F)F)noc3C3CC3)C4)sc2c1.NC1C2CCC1CC(OCc1c(-c3ccccc3OC(F)(F)F)noc1C1CC1)C2. The van der Waals surface area contributed by atoms with Crippen LogP contribution in [0.15, 0.2) is 85.8 Å². The van der Waals surface area contributed by atoms with Crippen molar-refractivity contribution in [3.8, 4) is 46.2 Å². The first-order valence-electron chi connectivity index (χ1n) is 30.8. The number of anilines is 1. The maximum Gasteiger partial charge on any atom is 0.573 e. The first-order valence-corrected chi connectivity index (χ1v) is 33.2. The van der Waals surface area contributed by atoms with Crippen LogP contribution in [0.5, 0.6) is 11.5 Å². The minimum Gasteiger partial charge on any atom is -0.405 e. The van der Waals surface area contributed by atoms with Crippen LogP contribution in [-0.4, -0.2) is 57.3 Å². The van der Waals surface area contributed by atoms with E-state index in [2.05, 4.69) is 58.2 Å². The molecule has 89 heavy (non-hydrogen) atoms. The summed E-state index contributed by atoms with van der Waals surface area (Å²) in [5.74, 6) is 4.35. The Morgan fingerprint density at radius 2 is 1.00 bits per heavy atom. The Hall–Kier alpha value is -6.60. The van der Waals surface area contributed by atoms with Gasteiger partial charge in [-0.05, 0) is 214 Å². The van der Waals surface area contributed by atoms with E-state index in [1.54, 1.807) is 46.9 Å². The van der Waals surface area contributed by atoms with Crippen LogP contribution in [0, 0.1) is 46.3 Å². The minimum absolute atomic E-state index is 0.0389. The molecule has 8 aliphatic rings. The zero-order valence-electron chi connectivity index (χ0n) is 48.3. The molecule has 4 heterocycles. The van der Waals surface area contributed by atoms with E-state index in [1.165, 1.54) is 48.2 Å². The summed E-state index contributed by atoms with van der Waals surface area (Å²) in [7, 11) is 0. The molecule has 3 N–H and O–H groups in total. The Kier molecular flexibility index (Phi) is 16.5. The van der Waals surface area contributed by atoms with E-state index in [4.69, 9.17) is 34.5 Å². The molecule has 14 nitrogen and oxygen atoms in total. The van der Waals surface area contributed by atoms with Crippen LogP contribution in [0.1, 0.15) is 171 Å². The zero-order valence-corrected chi connectivity index (χ0v) is 51.5. The van der Waals surface area contributed by atoms with Gasteiger partial charge in [0.2, 0.25) is 0 Å². The van der Waals surface area contributed by atoms with Gasteiger partial charge in [0.25, 0.3) is 0 Å². The lowest BCUT2D eigenvalue weighted by Crippen LogP contribution is -2.40. The lowest BCUT2D eigenvalue weighted by atomic mass is 9.82. The van der Waals surface area contributed by atoms with E-state index in [0.717, 1.165) is 142 Å². The molecule has 4 atom stereocenters. The average Bonchev–Trinajstić information content (AvgIpc) is 2.24. The maximum absolute atomic E-state index is 13.1. The highest BCUT2D eigenvalue weighted by Crippen LogP contribution is 2.52. The van der Waals surface area contributed by atoms with Crippen LogP contribution >= 0.6 is 38.6 Å². The molecular formula is C66H63BrF6N8O6S2. The molecule has 16 rings (SSSR count). The number of fused-ring (bicyclic) bond motifs is 6. The molecule has 8 aromatic rings. The fourth-order valence-corrected chi connectivity index (χ4v) is 16.6. The fraction of sp³-hybridized carbons (Fsp3) is 0.485. The second kappa shape index (κ2) is 24.6. The van der Waals surface area contributed by atoms with Crippen molar-refractivity contribution in [1.29, 1.82) is 10.5 Å². The van der Waals surface area contributed by atoms with E-state index in [0.29, 0.717) is 64.3 Å². The van der Waals surface area contributed by atoms with Gasteiger partial charge in [-0.25, -0.2) is 9.97 Å². The number of rotatable bonds is 16. The van der Waals surface area contributed by atoms with Crippen molar-refractivity contribution >= 4 is 64.2 Å². The van der Waals surface area contributed by atoms with Gasteiger partial charge >= 0.3 is 12.7 Å². The van der Waals surface area contributed by atoms with Crippen LogP contribution in [0.3, 0.4) is 0 Å². The molecule has 4 bridgehead atoms. The summed E-state index contributed by atoms with van der Waals surface area (Å²) in [6.07, 6.45) is 7.47. The normalized spacial score (nSPS) is 24.6. The number of nitrogens with zero attached hydrogens (tertiary/aromatic N) is 6. The van der Waals surface area contributed by atoms with Crippen LogP contribution in [0.4, 0.5) is 31.5 Å². The second-order valence-electron chi connectivity index (χ2n) is 25.2. The summed E-state index contributed by atoms with van der Waals surface area (Å²) < 4.78 is 114. The largest absolute Gasteiger partial charge is 0.573 e. The molecule has 0 radical (unpaired) electrons. The van der Waals surface area contributed by atoms with E-state index in [9.17, 15) is 31.6 Å². The van der Waals surface area contributed by atoms with Crippen molar-refractivity contribution in [1.82, 2.24) is 20.3 Å². The number of thiazole rings is 2. The summed E-state index contributed by atoms with van der Waals surface area (Å²) in [5, 5.41) is 31.5. The molecule has 464 valence electrons. The van der Waals surface area contributed by atoms with Crippen molar-refractivity contribution in [3.63, 3.8) is 0 Å². The van der Waals surface area contributed by atoms with Gasteiger partial charge in [0, 0.05) is 46.2 Å². The van der Waals surface area contributed by atoms with E-state index in [1.807, 2.05) is 24.3 Å². The number of alkyl halides is 6. The van der Waals surface area contributed by atoms with Crippen LogP contribution in [-0.2, 0) is 22.7 Å². The Labute approximate surface area is 525 Å². The highest BCUT2D eigenvalue weighted by molar-refractivity contribution is 9.11. The molecule has 4 unspecified atom stereocenters. The molecule has 8 aliphatic carbocycles. The number of hydrogen-bond acceptors (Lipinski definition) is 16. The quantitative estimate of drug-likeness (QED) is 0.0865. The Morgan fingerprint density at radius 1 is 0.573 bits per heavy atom. The Morgan fingerprint density at radius 3 is 1.45 bits per heavy atom. The fourth-order valence-electron chi connectivity index (χ4n) is 14.2. The van der Waals surface area contributed by atoms with Crippen molar-refractivity contribution in [2.75, 3.05) is 5.32 Å². The molecule has 23 heteroatoms. The average molecular weight is 1320 g/mol. The number of nitrogens with one attached hydrogen (secondary N) is 1. The Bertz CT molecular complexity index is 3980. The zero-order chi connectivity index (χ0) is 61.3. The van der Waals surface area contributed by atoms with Gasteiger partial charge in [0.1, 0.15) is 34.4 Å². The minimum atomic E-state index is -4.81. The second-order valence-corrected chi connectivity index (χ2v) is 28.6. The standard InChI is InChI=1S/C33H31F3N4O3S.C22H25F3N2O3.C11H7BrN2S/c34-33(35,36)42-26-4-2-1-3-23(26)29-25(31(43-40-29)19-7-8-19)16-41-22-13-20-9-10-21(14-22)28(20)38-32-39-30-24(18-5-6-18)11-17(15-37)12-27(30)44-32;23-22(24,25)29-18-4-2-1-3-16(18)20-17(21(30-27-20)12-5-6-12)11-28-15-9-13-7-8-14(10-15)19(13)26;12-11-14-10-8(7-1-2-7)3-6(5-13)4-9(10)15-11/h1-4,11-12,18-22,28H,5-10,13-14,16H2,(H,38,39);1-4,12-15,19H,5-11,26H2;3-4,7H,1-2H2. The highest BCUT2D eigenvalue weighted by Gasteiger charge is 2.46. The lowest BCUT2D eigenvalue weighted by Gasteiger charge is -2.35. The number of ether oxygens (including phenoxy) is 4. The molecule has 0 spiro atoms. The third-order valence-electron chi connectivity index (χ3n) is 19.0. The molecule has 8 fully saturated rings. The summed E-state index contributed by atoms with van der Waals surface area (Å²) in [5.41, 5.74) is 15.0. The number of halogens is 7. The Balaban J connectivity index is 0.000000132. The lowest BCUT2D eigenvalue weighted by molar-refractivity contribution is -0.275. The van der Waals surface area contributed by atoms with Gasteiger partial charge in [0.05, 0.1) is 69.1 Å². The van der Waals surface area contributed by atoms with E-state index in [-0.39, 0.29) is 65.9 Å². The van der Waals surface area contributed by atoms with Crippen molar-refractivity contribution < 1.29 is 54.3 Å². The molecule has 0 aliphatic heterocycles. The van der Waals surface area contributed by atoms with Crippen molar-refractivity contribution in [3.05, 3.63) is 122 Å². The molecule has 8 saturated carbocycles. The van der Waals surface area contributed by atoms with Crippen molar-refractivity contribution in [2.24, 2.45) is 29.4 Å². The molecule has 4 aromatic carbocycles. The topological polar surface area (TPSA) is 200 Å². The summed E-state index contributed by atoms with van der Waals surface area (Å²) in [4.78, 5) is 9.47. The van der Waals surface area contributed by atoms with Gasteiger partial charge in [-0.3, -0.25) is 0 Å². The van der Waals surface area contributed by atoms with E-state index >= 15 is 0 Å². The number of hydrogen-bond donors (Lipinski definition) is 2. The predicted molar refractivity (Wildman–Crippen MR) is 325 cm³/mol. The van der Waals surface area contributed by atoms with Gasteiger partial charge in [-0.2, -0.15) is 10.5 Å². The first kappa shape index (κ1) is 60.0. The van der Waals surface area contributed by atoms with Crippen LogP contribution in [0.25, 0.3) is 42.9 Å². The number of para-hydroxylation sites is 2. The highest BCUT2D eigenvalue weighted by atomic mass is 79.9. The first-order chi connectivity index (χ1) is 43.0. The molecular weight excluding hydrogens is 1260 g/mol. The smallest absolute Gasteiger partial charge is 0.405 e. The number of nitrogens with two attached hydrogens (primary N) is 1. The summed E-state index contributed by atoms with van der Waals surface area (Å²) >= 11 is 6.63. The van der Waals surface area contributed by atoms with Crippen LogP contribution < -0.4 is 20.5 Å². The van der Waals surface area contributed by atoms with Crippen molar-refractivity contribution in [2.45, 2.75) is 177 Å². The summed E-state index contributed by atoms with van der Waals surface area (Å²) in [6, 6.07) is 25.0. The van der Waals surface area contributed by atoms with Gasteiger partial charge in [-0.15, -0.1) is 37.7 Å². The third kappa shape index (κ3) is 13.4. The monoisotopic (exact) mass is 1320 g/mol. The van der Waals surface area contributed by atoms with Gasteiger partial charge in [-0.1, -0.05) is 45.9 Å². The van der Waals surface area contributed by atoms with Gasteiger partial charge < -0.3 is 39.0 Å². The molecule has 0 saturated heterocycles.